The van der Waals surface area contributed by atoms with Gasteiger partial charge >= 0.3 is 0 Å². The fraction of sp³-hybridized carbons (Fsp3) is 0.250. The second-order valence-electron chi connectivity index (χ2n) is 2.32. The Morgan fingerprint density at radius 2 is 2.08 bits per heavy atom. The lowest BCUT2D eigenvalue weighted by Gasteiger charge is -2.01. The summed E-state index contributed by atoms with van der Waals surface area (Å²) in [5, 5.41) is 9.23. The fourth-order valence-electron chi connectivity index (χ4n) is 0.841. The molecule has 4 heteroatoms. The molecule has 0 saturated heterocycles. The largest absolute Gasteiger partial charge is 0.508 e. The number of phenolic OH excluding ortho intramolecular Hbond substituents is 1. The standard InChI is InChI=1S/C8H10O2S2/c1-11-7-3-6(9)4-8(5-7)12(2)10/h3-5,9H,1-2H3/t12-/m0/s1. The molecule has 66 valence electrons. The first kappa shape index (κ1) is 9.61. The Labute approximate surface area is 78.5 Å². The van der Waals surface area contributed by atoms with Gasteiger partial charge in [0.2, 0.25) is 0 Å². The third kappa shape index (κ3) is 2.25. The molecule has 0 spiro atoms. The number of phenols is 1. The van der Waals surface area contributed by atoms with Crippen LogP contribution in [0.3, 0.4) is 0 Å². The number of rotatable bonds is 2. The van der Waals surface area contributed by atoms with E-state index >= 15 is 0 Å². The van der Waals surface area contributed by atoms with Crippen LogP contribution in [-0.4, -0.2) is 21.8 Å². The predicted molar refractivity (Wildman–Crippen MR) is 52.2 cm³/mol. The van der Waals surface area contributed by atoms with E-state index in [0.717, 1.165) is 4.90 Å². The summed E-state index contributed by atoms with van der Waals surface area (Å²) in [6, 6.07) is 5.00. The summed E-state index contributed by atoms with van der Waals surface area (Å²) < 4.78 is 11.1. The molecule has 0 saturated carbocycles. The lowest BCUT2D eigenvalue weighted by Crippen LogP contribution is -1.87. The Morgan fingerprint density at radius 1 is 1.42 bits per heavy atom. The van der Waals surface area contributed by atoms with Crippen LogP contribution < -0.4 is 0 Å². The summed E-state index contributed by atoms with van der Waals surface area (Å²) in [5.74, 6) is 0.173. The monoisotopic (exact) mass is 202 g/mol. The Morgan fingerprint density at radius 3 is 2.58 bits per heavy atom. The molecule has 1 N–H and O–H groups in total. The van der Waals surface area contributed by atoms with Gasteiger partial charge in [-0.3, -0.25) is 4.21 Å². The molecule has 0 amide bonds. The number of thioether (sulfide) groups is 1. The zero-order valence-electron chi connectivity index (χ0n) is 6.90. The molecular formula is C8H10O2S2. The molecule has 1 aromatic carbocycles. The highest BCUT2D eigenvalue weighted by Crippen LogP contribution is 2.23. The first-order valence-electron chi connectivity index (χ1n) is 3.35. The van der Waals surface area contributed by atoms with E-state index in [0.29, 0.717) is 4.90 Å². The van der Waals surface area contributed by atoms with Gasteiger partial charge in [0.15, 0.2) is 0 Å². The Hall–Kier alpha value is -0.480. The van der Waals surface area contributed by atoms with E-state index in [9.17, 15) is 9.32 Å². The maximum absolute atomic E-state index is 11.1. The van der Waals surface area contributed by atoms with Crippen LogP contribution in [0.1, 0.15) is 0 Å². The Bertz CT molecular complexity index is 310. The van der Waals surface area contributed by atoms with Crippen molar-refractivity contribution in [2.24, 2.45) is 0 Å². The van der Waals surface area contributed by atoms with Gasteiger partial charge < -0.3 is 5.11 Å². The van der Waals surface area contributed by atoms with E-state index < -0.39 is 10.8 Å². The summed E-state index contributed by atoms with van der Waals surface area (Å²) in [7, 11) is -1.02. The first-order valence-corrected chi connectivity index (χ1v) is 6.13. The van der Waals surface area contributed by atoms with Crippen LogP contribution in [0.15, 0.2) is 28.0 Å². The van der Waals surface area contributed by atoms with E-state index in [2.05, 4.69) is 0 Å². The minimum absolute atomic E-state index is 0.173. The molecule has 0 fully saturated rings. The van der Waals surface area contributed by atoms with Crippen molar-refractivity contribution in [2.45, 2.75) is 9.79 Å². The van der Waals surface area contributed by atoms with Crippen LogP contribution in [0.4, 0.5) is 0 Å². The molecule has 0 unspecified atom stereocenters. The molecule has 0 bridgehead atoms. The second-order valence-corrected chi connectivity index (χ2v) is 4.58. The summed E-state index contributed by atoms with van der Waals surface area (Å²) >= 11 is 1.52. The van der Waals surface area contributed by atoms with Gasteiger partial charge in [-0.2, -0.15) is 0 Å². The van der Waals surface area contributed by atoms with Crippen molar-refractivity contribution in [3.05, 3.63) is 18.2 Å². The third-order valence-electron chi connectivity index (χ3n) is 1.43. The van der Waals surface area contributed by atoms with Crippen molar-refractivity contribution in [1.29, 1.82) is 0 Å². The van der Waals surface area contributed by atoms with Gasteiger partial charge in [0.1, 0.15) is 5.75 Å². The average Bonchev–Trinajstić information content (AvgIpc) is 2.03. The average molecular weight is 202 g/mol. The van der Waals surface area contributed by atoms with E-state index in [1.807, 2.05) is 12.3 Å². The Balaban J connectivity index is 3.15. The van der Waals surface area contributed by atoms with Gasteiger partial charge in [-0.25, -0.2) is 0 Å². The molecule has 1 rings (SSSR count). The predicted octanol–water partition coefficient (Wildman–Crippen LogP) is 1.85. The van der Waals surface area contributed by atoms with Gasteiger partial charge in [0, 0.05) is 26.8 Å². The summed E-state index contributed by atoms with van der Waals surface area (Å²) in [4.78, 5) is 1.60. The zero-order valence-corrected chi connectivity index (χ0v) is 8.54. The summed E-state index contributed by atoms with van der Waals surface area (Å²) in [6.45, 7) is 0. The van der Waals surface area contributed by atoms with Crippen molar-refractivity contribution < 1.29 is 9.32 Å². The maximum Gasteiger partial charge on any atom is 0.117 e. The number of hydrogen-bond donors (Lipinski definition) is 1. The molecule has 1 atom stereocenters. The number of aromatic hydroxyl groups is 1. The molecule has 1 aromatic rings. The van der Waals surface area contributed by atoms with Crippen LogP contribution in [-0.2, 0) is 10.8 Å². The SMILES string of the molecule is CSc1cc(O)cc([S@](C)=O)c1. The van der Waals surface area contributed by atoms with E-state index in [4.69, 9.17) is 0 Å². The highest BCUT2D eigenvalue weighted by atomic mass is 32.2. The fourth-order valence-corrected chi connectivity index (χ4v) is 1.98. The minimum Gasteiger partial charge on any atom is -0.508 e. The highest BCUT2D eigenvalue weighted by molar-refractivity contribution is 7.98. The van der Waals surface area contributed by atoms with E-state index in [1.165, 1.54) is 17.8 Å². The molecule has 2 nitrogen and oxygen atoms in total. The topological polar surface area (TPSA) is 37.3 Å². The number of hydrogen-bond acceptors (Lipinski definition) is 3. The molecule has 0 radical (unpaired) electrons. The highest BCUT2D eigenvalue weighted by Gasteiger charge is 2.01. The molecule has 0 heterocycles. The number of benzene rings is 1. The molecule has 12 heavy (non-hydrogen) atoms. The zero-order chi connectivity index (χ0) is 9.14. The second kappa shape index (κ2) is 3.96. The van der Waals surface area contributed by atoms with Crippen molar-refractivity contribution in [2.75, 3.05) is 12.5 Å². The minimum atomic E-state index is -1.02. The van der Waals surface area contributed by atoms with E-state index in [-0.39, 0.29) is 5.75 Å². The molecule has 0 aliphatic rings. The molecule has 0 aliphatic heterocycles. The summed E-state index contributed by atoms with van der Waals surface area (Å²) in [6.07, 6.45) is 3.51. The molecule has 0 aliphatic carbocycles. The van der Waals surface area contributed by atoms with E-state index in [1.54, 1.807) is 12.3 Å². The van der Waals surface area contributed by atoms with Crippen LogP contribution >= 0.6 is 11.8 Å². The van der Waals surface area contributed by atoms with Crippen LogP contribution in [0.25, 0.3) is 0 Å². The van der Waals surface area contributed by atoms with Crippen LogP contribution in [0.5, 0.6) is 5.75 Å². The smallest absolute Gasteiger partial charge is 0.117 e. The van der Waals surface area contributed by atoms with Crippen molar-refractivity contribution in [3.63, 3.8) is 0 Å². The van der Waals surface area contributed by atoms with Gasteiger partial charge in [0.25, 0.3) is 0 Å². The van der Waals surface area contributed by atoms with Gasteiger partial charge in [-0.05, 0) is 24.5 Å². The first-order chi connectivity index (χ1) is 5.63. The van der Waals surface area contributed by atoms with Crippen molar-refractivity contribution in [1.82, 2.24) is 0 Å². The third-order valence-corrected chi connectivity index (χ3v) is 3.04. The van der Waals surface area contributed by atoms with Crippen molar-refractivity contribution >= 4 is 22.6 Å². The maximum atomic E-state index is 11.1. The molecular weight excluding hydrogens is 192 g/mol. The van der Waals surface area contributed by atoms with Crippen LogP contribution in [0.2, 0.25) is 0 Å². The quantitative estimate of drug-likeness (QED) is 0.744. The lowest BCUT2D eigenvalue weighted by atomic mass is 10.3. The molecule has 0 aromatic heterocycles. The van der Waals surface area contributed by atoms with Gasteiger partial charge in [0.05, 0.1) is 0 Å². The lowest BCUT2D eigenvalue weighted by molar-refractivity contribution is 0.472. The summed E-state index contributed by atoms with van der Waals surface area (Å²) in [5.41, 5.74) is 0. The normalized spacial score (nSPS) is 12.8. The Kier molecular flexibility index (Phi) is 3.17. The van der Waals surface area contributed by atoms with Crippen molar-refractivity contribution in [3.8, 4) is 5.75 Å². The van der Waals surface area contributed by atoms with Gasteiger partial charge in [-0.15, -0.1) is 11.8 Å². The van der Waals surface area contributed by atoms with Crippen LogP contribution in [0, 0.1) is 0 Å². The van der Waals surface area contributed by atoms with Gasteiger partial charge in [-0.1, -0.05) is 0 Å².